The summed E-state index contributed by atoms with van der Waals surface area (Å²) in [5.41, 5.74) is 1.92. The molecular formula is C26H26N4O4S. The molecule has 4 rings (SSSR count). The molecule has 2 aliphatic rings. The number of nitrogens with one attached hydrogen (secondary N) is 1. The Morgan fingerprint density at radius 2 is 1.89 bits per heavy atom. The van der Waals surface area contributed by atoms with Crippen LogP contribution in [0, 0.1) is 5.41 Å². The van der Waals surface area contributed by atoms with Gasteiger partial charge in [-0.05, 0) is 60.0 Å². The molecule has 1 amide bonds. The molecule has 0 unspecified atom stereocenters. The number of allylic oxidation sites excluding steroid dienone is 1. The number of thioether (sulfide) groups is 1. The van der Waals surface area contributed by atoms with Crippen molar-refractivity contribution in [2.24, 2.45) is 10.1 Å². The molecule has 0 aliphatic carbocycles. The number of carbonyl (C=O) groups excluding carboxylic acids is 1. The van der Waals surface area contributed by atoms with Gasteiger partial charge < -0.3 is 14.2 Å². The average molecular weight is 491 g/mol. The van der Waals surface area contributed by atoms with E-state index in [0.717, 1.165) is 22.8 Å². The molecule has 0 atom stereocenters. The van der Waals surface area contributed by atoms with Gasteiger partial charge in [-0.2, -0.15) is 15.1 Å². The number of hydrogen-bond acceptors (Lipinski definition) is 7. The van der Waals surface area contributed by atoms with Gasteiger partial charge in [0, 0.05) is 0 Å². The molecule has 0 radical (unpaired) electrons. The average Bonchev–Trinajstić information content (AvgIpc) is 3.29. The van der Waals surface area contributed by atoms with Crippen LogP contribution in [-0.4, -0.2) is 47.3 Å². The fourth-order valence-corrected chi connectivity index (χ4v) is 4.33. The van der Waals surface area contributed by atoms with Crippen molar-refractivity contribution < 1.29 is 19.0 Å². The van der Waals surface area contributed by atoms with Gasteiger partial charge in [-0.1, -0.05) is 37.3 Å². The molecule has 8 nitrogen and oxygen atoms in total. The van der Waals surface area contributed by atoms with Crippen molar-refractivity contribution in [1.82, 2.24) is 5.01 Å². The van der Waals surface area contributed by atoms with Crippen LogP contribution in [0.25, 0.3) is 6.08 Å². The Morgan fingerprint density at radius 1 is 1.11 bits per heavy atom. The summed E-state index contributed by atoms with van der Waals surface area (Å²) in [4.78, 5) is 16.7. The summed E-state index contributed by atoms with van der Waals surface area (Å²) in [6.07, 6.45) is 4.90. The number of methoxy groups -OCH3 is 1. The normalized spacial score (nSPS) is 16.1. The number of amides is 1. The lowest BCUT2D eigenvalue weighted by Gasteiger charge is -2.20. The first kappa shape index (κ1) is 24.3. The van der Waals surface area contributed by atoms with Gasteiger partial charge in [-0.15, -0.1) is 6.58 Å². The zero-order valence-electron chi connectivity index (χ0n) is 19.6. The monoisotopic (exact) mass is 490 g/mol. The first-order chi connectivity index (χ1) is 17.0. The summed E-state index contributed by atoms with van der Waals surface area (Å²) < 4.78 is 17.2. The standard InChI is InChI=1S/C26H26N4O4S/c1-4-8-18-9-6-7-10-20(18)33-13-14-34-21-12-11-17(16-22(21)32-3)15-19-24(27)30-26(28-25(19)31)35-23(5-2)29-30/h4,6-7,9-12,15-16,27H,1,5,8,13-14H2,2-3H3/b19-15-,27-24?. The Bertz CT molecular complexity index is 1250. The minimum Gasteiger partial charge on any atom is -0.493 e. The van der Waals surface area contributed by atoms with Crippen molar-refractivity contribution in [3.05, 3.63) is 71.8 Å². The molecule has 180 valence electrons. The summed E-state index contributed by atoms with van der Waals surface area (Å²) in [7, 11) is 1.55. The molecule has 0 fully saturated rings. The predicted octanol–water partition coefficient (Wildman–Crippen LogP) is 4.91. The number of aliphatic imine (C=N–C) groups is 1. The number of hydrogen-bond donors (Lipinski definition) is 1. The van der Waals surface area contributed by atoms with Crippen LogP contribution in [0.4, 0.5) is 0 Å². The van der Waals surface area contributed by atoms with E-state index in [1.807, 2.05) is 37.3 Å². The zero-order valence-corrected chi connectivity index (χ0v) is 20.4. The number of nitrogens with zero attached hydrogens (tertiary/aromatic N) is 3. The number of ether oxygens (including phenoxy) is 3. The second-order valence-electron chi connectivity index (χ2n) is 7.58. The van der Waals surface area contributed by atoms with E-state index >= 15 is 0 Å². The van der Waals surface area contributed by atoms with Gasteiger partial charge in [0.2, 0.25) is 5.17 Å². The maximum absolute atomic E-state index is 12.6. The summed E-state index contributed by atoms with van der Waals surface area (Å²) in [5, 5.41) is 15.5. The fraction of sp³-hybridized carbons (Fsp3) is 0.231. The third kappa shape index (κ3) is 5.46. The highest BCUT2D eigenvalue weighted by Gasteiger charge is 2.35. The molecule has 1 N–H and O–H groups in total. The maximum Gasteiger partial charge on any atom is 0.283 e. The number of carbonyl (C=O) groups is 1. The number of amidine groups is 2. The Labute approximate surface area is 208 Å². The molecule has 0 spiro atoms. The van der Waals surface area contributed by atoms with Crippen LogP contribution in [0.15, 0.2) is 70.8 Å². The fourth-order valence-electron chi connectivity index (χ4n) is 3.51. The summed E-state index contributed by atoms with van der Waals surface area (Å²) in [6, 6.07) is 13.1. The van der Waals surface area contributed by atoms with E-state index in [1.165, 1.54) is 16.8 Å². The highest BCUT2D eigenvalue weighted by molar-refractivity contribution is 8.26. The molecule has 0 aromatic heterocycles. The molecule has 9 heteroatoms. The maximum atomic E-state index is 12.6. The molecule has 0 saturated heterocycles. The number of hydrazone groups is 1. The van der Waals surface area contributed by atoms with E-state index in [1.54, 1.807) is 31.4 Å². The van der Waals surface area contributed by atoms with Crippen LogP contribution in [0.3, 0.4) is 0 Å². The lowest BCUT2D eigenvalue weighted by atomic mass is 10.1. The lowest BCUT2D eigenvalue weighted by molar-refractivity contribution is -0.114. The van der Waals surface area contributed by atoms with Crippen LogP contribution >= 0.6 is 11.8 Å². The van der Waals surface area contributed by atoms with Crippen molar-refractivity contribution >= 4 is 39.8 Å². The minimum absolute atomic E-state index is 0.00382. The van der Waals surface area contributed by atoms with Crippen LogP contribution in [0.5, 0.6) is 17.2 Å². The van der Waals surface area contributed by atoms with Crippen molar-refractivity contribution in [2.75, 3.05) is 20.3 Å². The SMILES string of the molecule is C=CCc1ccccc1OCCOc1ccc(/C=C2/C(=N)N3N=C(CC)SC3=NC2=O)cc1OC. The highest BCUT2D eigenvalue weighted by atomic mass is 32.2. The van der Waals surface area contributed by atoms with Gasteiger partial charge in [0.25, 0.3) is 5.91 Å². The first-order valence-electron chi connectivity index (χ1n) is 11.2. The van der Waals surface area contributed by atoms with Gasteiger partial charge in [-0.25, -0.2) is 0 Å². The molecule has 2 aliphatic heterocycles. The van der Waals surface area contributed by atoms with Gasteiger partial charge in [0.05, 0.1) is 12.7 Å². The number of para-hydroxylation sites is 1. The highest BCUT2D eigenvalue weighted by Crippen LogP contribution is 2.32. The van der Waals surface area contributed by atoms with E-state index in [0.29, 0.717) is 41.9 Å². The van der Waals surface area contributed by atoms with Crippen molar-refractivity contribution in [2.45, 2.75) is 19.8 Å². The van der Waals surface area contributed by atoms with Crippen LogP contribution in [-0.2, 0) is 11.2 Å². The van der Waals surface area contributed by atoms with E-state index < -0.39 is 5.91 Å². The predicted molar refractivity (Wildman–Crippen MR) is 140 cm³/mol. The Kier molecular flexibility index (Phi) is 7.67. The van der Waals surface area contributed by atoms with E-state index in [-0.39, 0.29) is 11.4 Å². The van der Waals surface area contributed by atoms with E-state index in [2.05, 4.69) is 16.7 Å². The molecule has 2 aromatic carbocycles. The van der Waals surface area contributed by atoms with E-state index in [4.69, 9.17) is 19.6 Å². The number of rotatable bonds is 10. The molecule has 0 bridgehead atoms. The second kappa shape index (κ2) is 11.1. The van der Waals surface area contributed by atoms with Crippen LogP contribution < -0.4 is 14.2 Å². The van der Waals surface area contributed by atoms with Gasteiger partial charge in [-0.3, -0.25) is 10.2 Å². The van der Waals surface area contributed by atoms with Crippen LogP contribution in [0.2, 0.25) is 0 Å². The number of benzene rings is 2. The summed E-state index contributed by atoms with van der Waals surface area (Å²) >= 11 is 1.32. The topological polar surface area (TPSA) is 96.6 Å². The van der Waals surface area contributed by atoms with Crippen LogP contribution in [0.1, 0.15) is 24.5 Å². The smallest absolute Gasteiger partial charge is 0.283 e. The van der Waals surface area contributed by atoms with Crippen molar-refractivity contribution in [3.63, 3.8) is 0 Å². The molecular weight excluding hydrogens is 464 g/mol. The third-order valence-corrected chi connectivity index (χ3v) is 6.29. The molecule has 0 saturated carbocycles. The minimum atomic E-state index is -0.463. The summed E-state index contributed by atoms with van der Waals surface area (Å²) in [5.74, 6) is 1.41. The first-order valence-corrected chi connectivity index (χ1v) is 12.0. The number of fused-ring (bicyclic) bond motifs is 1. The lowest BCUT2D eigenvalue weighted by Crippen LogP contribution is -2.35. The molecule has 35 heavy (non-hydrogen) atoms. The molecule has 2 heterocycles. The second-order valence-corrected chi connectivity index (χ2v) is 8.62. The quantitative estimate of drug-likeness (QED) is 0.289. The largest absolute Gasteiger partial charge is 0.493 e. The van der Waals surface area contributed by atoms with Gasteiger partial charge in [0.15, 0.2) is 17.3 Å². The van der Waals surface area contributed by atoms with Crippen molar-refractivity contribution in [1.29, 1.82) is 5.41 Å². The summed E-state index contributed by atoms with van der Waals surface area (Å²) in [6.45, 7) is 6.44. The Morgan fingerprint density at radius 3 is 2.63 bits per heavy atom. The van der Waals surface area contributed by atoms with Gasteiger partial charge in [0.1, 0.15) is 24.0 Å². The Balaban J connectivity index is 1.43. The van der Waals surface area contributed by atoms with E-state index in [9.17, 15) is 4.79 Å². The Hall–Kier alpha value is -3.85. The third-order valence-electron chi connectivity index (χ3n) is 5.23. The zero-order chi connectivity index (χ0) is 24.8. The molecule has 2 aromatic rings. The van der Waals surface area contributed by atoms with Gasteiger partial charge >= 0.3 is 0 Å². The van der Waals surface area contributed by atoms with Crippen molar-refractivity contribution in [3.8, 4) is 17.2 Å².